The summed E-state index contributed by atoms with van der Waals surface area (Å²) in [5, 5.41) is 3.02. The van der Waals surface area contributed by atoms with Crippen LogP contribution in [-0.2, 0) is 0 Å². The molecule has 2 heterocycles. The van der Waals surface area contributed by atoms with E-state index in [9.17, 15) is 9.59 Å². The minimum atomic E-state index is -0.411. The smallest absolute Gasteiger partial charge is 0.270 e. The van der Waals surface area contributed by atoms with Crippen LogP contribution in [0.3, 0.4) is 0 Å². The first-order chi connectivity index (χ1) is 11.2. The molecule has 0 amide bonds. The summed E-state index contributed by atoms with van der Waals surface area (Å²) in [7, 11) is 1.55. The SMILES string of the molecule is COc1ccccc1Nc1nc2c(C)cccn2c(=O)c1C=O. The van der Waals surface area contributed by atoms with Gasteiger partial charge in [0, 0.05) is 6.20 Å². The first-order valence-corrected chi connectivity index (χ1v) is 7.03. The van der Waals surface area contributed by atoms with Crippen molar-refractivity contribution in [1.29, 1.82) is 0 Å². The summed E-state index contributed by atoms with van der Waals surface area (Å²) in [4.78, 5) is 28.3. The van der Waals surface area contributed by atoms with Gasteiger partial charge in [-0.1, -0.05) is 18.2 Å². The van der Waals surface area contributed by atoms with E-state index in [0.29, 0.717) is 23.4 Å². The molecule has 0 radical (unpaired) electrons. The maximum absolute atomic E-state index is 12.5. The average molecular weight is 309 g/mol. The van der Waals surface area contributed by atoms with Crippen LogP contribution in [0.25, 0.3) is 5.65 Å². The van der Waals surface area contributed by atoms with Crippen LogP contribution in [0.1, 0.15) is 15.9 Å². The van der Waals surface area contributed by atoms with Gasteiger partial charge in [0.15, 0.2) is 6.29 Å². The summed E-state index contributed by atoms with van der Waals surface area (Å²) in [6.45, 7) is 1.86. The van der Waals surface area contributed by atoms with Crippen molar-refractivity contribution < 1.29 is 9.53 Å². The van der Waals surface area contributed by atoms with Crippen LogP contribution >= 0.6 is 0 Å². The summed E-state index contributed by atoms with van der Waals surface area (Å²) in [5.41, 5.74) is 1.53. The Morgan fingerprint density at radius 2 is 2.00 bits per heavy atom. The summed E-state index contributed by atoms with van der Waals surface area (Å²) in [5.74, 6) is 0.805. The van der Waals surface area contributed by atoms with Gasteiger partial charge < -0.3 is 10.1 Å². The summed E-state index contributed by atoms with van der Waals surface area (Å²) >= 11 is 0. The van der Waals surface area contributed by atoms with Crippen molar-refractivity contribution in [2.75, 3.05) is 12.4 Å². The van der Waals surface area contributed by atoms with Gasteiger partial charge in [0.2, 0.25) is 0 Å². The van der Waals surface area contributed by atoms with Gasteiger partial charge in [0.05, 0.1) is 12.8 Å². The largest absolute Gasteiger partial charge is 0.495 e. The molecule has 0 saturated carbocycles. The third kappa shape index (κ3) is 2.55. The number of methoxy groups -OCH3 is 1. The number of ether oxygens (including phenoxy) is 1. The second kappa shape index (κ2) is 5.92. The highest BCUT2D eigenvalue weighted by molar-refractivity contribution is 5.85. The van der Waals surface area contributed by atoms with E-state index in [1.54, 1.807) is 31.5 Å². The van der Waals surface area contributed by atoms with Crippen LogP contribution < -0.4 is 15.6 Å². The number of anilines is 2. The second-order valence-corrected chi connectivity index (χ2v) is 5.01. The minimum Gasteiger partial charge on any atom is -0.495 e. The van der Waals surface area contributed by atoms with Crippen LogP contribution in [0.15, 0.2) is 47.4 Å². The zero-order chi connectivity index (χ0) is 16.4. The molecule has 0 aliphatic rings. The molecule has 0 saturated heterocycles. The van der Waals surface area contributed by atoms with Gasteiger partial charge in [-0.15, -0.1) is 0 Å². The van der Waals surface area contributed by atoms with Gasteiger partial charge in [-0.2, -0.15) is 0 Å². The standard InChI is InChI=1S/C17H15N3O3/c1-11-6-5-9-20-16(11)19-15(12(10-21)17(20)22)18-13-7-3-4-8-14(13)23-2/h3-10,18H,1-2H3. The van der Waals surface area contributed by atoms with Gasteiger partial charge in [0.25, 0.3) is 5.56 Å². The molecule has 0 fully saturated rings. The fraction of sp³-hybridized carbons (Fsp3) is 0.118. The number of hydrogen-bond acceptors (Lipinski definition) is 5. The number of rotatable bonds is 4. The zero-order valence-corrected chi connectivity index (χ0v) is 12.7. The van der Waals surface area contributed by atoms with E-state index in [2.05, 4.69) is 10.3 Å². The van der Waals surface area contributed by atoms with Crippen molar-refractivity contribution in [3.05, 3.63) is 64.1 Å². The summed E-state index contributed by atoms with van der Waals surface area (Å²) in [6, 6.07) is 10.8. The highest BCUT2D eigenvalue weighted by Gasteiger charge is 2.14. The normalized spacial score (nSPS) is 10.5. The molecule has 3 aromatic rings. The molecule has 1 N–H and O–H groups in total. The van der Waals surface area contributed by atoms with E-state index in [0.717, 1.165) is 5.56 Å². The second-order valence-electron chi connectivity index (χ2n) is 5.01. The number of carbonyl (C=O) groups excluding carboxylic acids is 1. The van der Waals surface area contributed by atoms with Gasteiger partial charge in [-0.3, -0.25) is 14.0 Å². The number of pyridine rings is 1. The average Bonchev–Trinajstić information content (AvgIpc) is 2.57. The molecule has 116 valence electrons. The molecule has 0 unspecified atom stereocenters. The third-order valence-corrected chi connectivity index (χ3v) is 3.56. The number of hydrogen-bond donors (Lipinski definition) is 1. The molecule has 0 aliphatic carbocycles. The van der Waals surface area contributed by atoms with E-state index in [1.807, 2.05) is 25.1 Å². The molecule has 6 nitrogen and oxygen atoms in total. The molecule has 0 aliphatic heterocycles. The molecular formula is C17H15N3O3. The van der Waals surface area contributed by atoms with E-state index < -0.39 is 5.56 Å². The van der Waals surface area contributed by atoms with Crippen molar-refractivity contribution >= 4 is 23.4 Å². The highest BCUT2D eigenvalue weighted by atomic mass is 16.5. The highest BCUT2D eigenvalue weighted by Crippen LogP contribution is 2.27. The van der Waals surface area contributed by atoms with E-state index >= 15 is 0 Å². The number of carbonyl (C=O) groups is 1. The van der Waals surface area contributed by atoms with Crippen LogP contribution in [0.5, 0.6) is 5.75 Å². The topological polar surface area (TPSA) is 72.7 Å². The van der Waals surface area contributed by atoms with Gasteiger partial charge in [-0.25, -0.2) is 4.98 Å². The van der Waals surface area contributed by atoms with Crippen molar-refractivity contribution in [2.45, 2.75) is 6.92 Å². The molecule has 1 aromatic carbocycles. The first-order valence-electron chi connectivity index (χ1n) is 7.03. The number of aryl methyl sites for hydroxylation is 1. The lowest BCUT2D eigenvalue weighted by Crippen LogP contribution is -2.22. The van der Waals surface area contributed by atoms with Crippen molar-refractivity contribution in [1.82, 2.24) is 9.38 Å². The lowest BCUT2D eigenvalue weighted by Gasteiger charge is -2.13. The van der Waals surface area contributed by atoms with Gasteiger partial charge in [0.1, 0.15) is 22.8 Å². The number of aldehydes is 1. The quantitative estimate of drug-likeness (QED) is 0.750. The maximum atomic E-state index is 12.5. The molecule has 0 atom stereocenters. The Kier molecular flexibility index (Phi) is 3.80. The Balaban J connectivity index is 2.23. The molecular weight excluding hydrogens is 294 g/mol. The number of nitrogens with zero attached hydrogens (tertiary/aromatic N) is 2. The minimum absolute atomic E-state index is 0.0287. The lowest BCUT2D eigenvalue weighted by atomic mass is 10.2. The Morgan fingerprint density at radius 3 is 2.74 bits per heavy atom. The third-order valence-electron chi connectivity index (χ3n) is 3.56. The number of nitrogens with one attached hydrogen (secondary N) is 1. The van der Waals surface area contributed by atoms with Crippen molar-refractivity contribution in [3.63, 3.8) is 0 Å². The van der Waals surface area contributed by atoms with Gasteiger partial charge in [-0.05, 0) is 30.7 Å². The number of fused-ring (bicyclic) bond motifs is 1. The fourth-order valence-corrected chi connectivity index (χ4v) is 2.39. The first kappa shape index (κ1) is 14.8. The van der Waals surface area contributed by atoms with E-state index in [1.165, 1.54) is 4.40 Å². The molecule has 23 heavy (non-hydrogen) atoms. The molecule has 2 aromatic heterocycles. The van der Waals surface area contributed by atoms with Crippen LogP contribution in [0.4, 0.5) is 11.5 Å². The fourth-order valence-electron chi connectivity index (χ4n) is 2.39. The van der Waals surface area contributed by atoms with Crippen LogP contribution in [0.2, 0.25) is 0 Å². The Morgan fingerprint density at radius 1 is 1.22 bits per heavy atom. The van der Waals surface area contributed by atoms with Crippen LogP contribution in [-0.4, -0.2) is 22.8 Å². The molecule has 0 bridgehead atoms. The lowest BCUT2D eigenvalue weighted by molar-refractivity contribution is 0.112. The monoisotopic (exact) mass is 309 g/mol. The number of para-hydroxylation sites is 2. The molecule has 0 spiro atoms. The summed E-state index contributed by atoms with van der Waals surface area (Å²) in [6.07, 6.45) is 2.11. The number of benzene rings is 1. The predicted octanol–water partition coefficient (Wildman–Crippen LogP) is 2.57. The van der Waals surface area contributed by atoms with Gasteiger partial charge >= 0.3 is 0 Å². The zero-order valence-electron chi connectivity index (χ0n) is 12.7. The van der Waals surface area contributed by atoms with Crippen molar-refractivity contribution in [2.24, 2.45) is 0 Å². The Hall–Kier alpha value is -3.15. The Bertz CT molecular complexity index is 947. The van der Waals surface area contributed by atoms with E-state index in [4.69, 9.17) is 4.74 Å². The predicted molar refractivity (Wildman–Crippen MR) is 87.9 cm³/mol. The van der Waals surface area contributed by atoms with E-state index in [-0.39, 0.29) is 11.4 Å². The summed E-state index contributed by atoms with van der Waals surface area (Å²) < 4.78 is 6.64. The Labute approximate surface area is 132 Å². The molecule has 3 rings (SSSR count). The number of aromatic nitrogens is 2. The molecule has 6 heteroatoms. The maximum Gasteiger partial charge on any atom is 0.270 e. The van der Waals surface area contributed by atoms with Crippen LogP contribution in [0, 0.1) is 6.92 Å². The van der Waals surface area contributed by atoms with Crippen molar-refractivity contribution in [3.8, 4) is 5.75 Å².